The van der Waals surface area contributed by atoms with Crippen LogP contribution in [0.2, 0.25) is 0 Å². The summed E-state index contributed by atoms with van der Waals surface area (Å²) in [6.45, 7) is 0.344. The molecule has 8 heteroatoms. The molecular weight excluding hydrogens is 419 g/mol. The van der Waals surface area contributed by atoms with Crippen LogP contribution < -0.4 is 10.6 Å². The molecule has 2 amide bonds. The fraction of sp³-hybridized carbons (Fsp3) is 0.333. The minimum Gasteiger partial charge on any atom is -0.355 e. The molecule has 1 aliphatic carbocycles. The first-order valence-electron chi connectivity index (χ1n) is 10.7. The molecule has 1 atom stereocenters. The van der Waals surface area contributed by atoms with Gasteiger partial charge in [-0.1, -0.05) is 0 Å². The van der Waals surface area contributed by atoms with Crippen molar-refractivity contribution in [3.63, 3.8) is 0 Å². The number of carbonyl (C=O) groups is 2. The van der Waals surface area contributed by atoms with Gasteiger partial charge in [0.25, 0.3) is 0 Å². The summed E-state index contributed by atoms with van der Waals surface area (Å²) in [5.74, 6) is -2.09. The third-order valence-electron chi connectivity index (χ3n) is 6.53. The van der Waals surface area contributed by atoms with Crippen molar-refractivity contribution in [2.24, 2.45) is 5.92 Å². The van der Waals surface area contributed by atoms with Crippen LogP contribution in [-0.4, -0.2) is 29.4 Å². The largest absolute Gasteiger partial charge is 0.355 e. The number of nitrogens with one attached hydrogen (secondary N) is 3. The molecule has 1 saturated heterocycles. The highest BCUT2D eigenvalue weighted by atomic mass is 19.1. The maximum Gasteiger partial charge on any atom is 0.225 e. The number of amides is 2. The SMILES string of the molecule is O=C1CCC(C(=O)N[C@H]2C[C@@H](c3c(-c4ccc(F)cc4)[nH]c4c(F)cc(F)cc43)C2)CN1. The summed E-state index contributed by atoms with van der Waals surface area (Å²) in [5.41, 5.74) is 2.31. The van der Waals surface area contributed by atoms with Gasteiger partial charge in [-0.15, -0.1) is 0 Å². The number of benzene rings is 2. The Morgan fingerprint density at radius 2 is 1.78 bits per heavy atom. The molecule has 2 heterocycles. The molecule has 32 heavy (non-hydrogen) atoms. The van der Waals surface area contributed by atoms with Gasteiger partial charge in [-0.2, -0.15) is 0 Å². The van der Waals surface area contributed by atoms with Crippen molar-refractivity contribution in [1.29, 1.82) is 0 Å². The average molecular weight is 441 g/mol. The van der Waals surface area contributed by atoms with E-state index in [1.165, 1.54) is 18.2 Å². The van der Waals surface area contributed by atoms with E-state index in [1.807, 2.05) is 0 Å². The van der Waals surface area contributed by atoms with Crippen LogP contribution in [-0.2, 0) is 9.59 Å². The van der Waals surface area contributed by atoms with Crippen LogP contribution in [0.3, 0.4) is 0 Å². The van der Waals surface area contributed by atoms with Gasteiger partial charge in [-0.3, -0.25) is 9.59 Å². The second-order valence-electron chi connectivity index (χ2n) is 8.64. The van der Waals surface area contributed by atoms with E-state index in [4.69, 9.17) is 0 Å². The fourth-order valence-corrected chi connectivity index (χ4v) is 4.76. The highest BCUT2D eigenvalue weighted by Gasteiger charge is 2.37. The second-order valence-corrected chi connectivity index (χ2v) is 8.64. The van der Waals surface area contributed by atoms with E-state index in [0.717, 1.165) is 11.6 Å². The van der Waals surface area contributed by atoms with Crippen molar-refractivity contribution in [2.75, 3.05) is 6.54 Å². The van der Waals surface area contributed by atoms with Gasteiger partial charge >= 0.3 is 0 Å². The molecule has 0 bridgehead atoms. The number of fused-ring (bicyclic) bond motifs is 1. The van der Waals surface area contributed by atoms with E-state index in [9.17, 15) is 22.8 Å². The number of hydrogen-bond acceptors (Lipinski definition) is 2. The first-order valence-corrected chi connectivity index (χ1v) is 10.7. The predicted molar refractivity (Wildman–Crippen MR) is 113 cm³/mol. The van der Waals surface area contributed by atoms with Crippen LogP contribution in [0.15, 0.2) is 36.4 Å². The number of carbonyl (C=O) groups excluding carboxylic acids is 2. The normalized spacial score (nSPS) is 23.0. The first-order chi connectivity index (χ1) is 15.4. The summed E-state index contributed by atoms with van der Waals surface area (Å²) in [6, 6.07) is 7.97. The number of piperidine rings is 1. The Labute approximate surface area is 182 Å². The van der Waals surface area contributed by atoms with Crippen molar-refractivity contribution >= 4 is 22.7 Å². The van der Waals surface area contributed by atoms with Crippen LogP contribution in [0, 0.1) is 23.4 Å². The van der Waals surface area contributed by atoms with Crippen LogP contribution in [0.5, 0.6) is 0 Å². The van der Waals surface area contributed by atoms with Gasteiger partial charge in [0.05, 0.1) is 17.1 Å². The predicted octanol–water partition coefficient (Wildman–Crippen LogP) is 4.14. The summed E-state index contributed by atoms with van der Waals surface area (Å²) in [6.07, 6.45) is 2.14. The molecule has 166 valence electrons. The van der Waals surface area contributed by atoms with Crippen molar-refractivity contribution in [1.82, 2.24) is 15.6 Å². The molecule has 5 rings (SSSR count). The number of aromatic amines is 1. The minimum atomic E-state index is -0.682. The summed E-state index contributed by atoms with van der Waals surface area (Å²) in [4.78, 5) is 26.9. The van der Waals surface area contributed by atoms with Crippen LogP contribution in [0.4, 0.5) is 13.2 Å². The molecule has 2 aromatic carbocycles. The Bertz CT molecular complexity index is 1190. The smallest absolute Gasteiger partial charge is 0.225 e. The zero-order valence-corrected chi connectivity index (χ0v) is 17.2. The third-order valence-corrected chi connectivity index (χ3v) is 6.53. The summed E-state index contributed by atoms with van der Waals surface area (Å²) >= 11 is 0. The lowest BCUT2D eigenvalue weighted by Crippen LogP contribution is -2.49. The standard InChI is InChI=1S/C24H22F3N3O2/c25-15-4-1-12(2-5-15)22-21(18-9-16(26)10-19(27)23(18)30-22)14-7-17(8-14)29-24(32)13-3-6-20(31)28-11-13/h1-2,4-5,9-10,13-14,17,30H,3,6-8,11H2,(H,28,31)(H,29,32)/t13?,14-,17+. The topological polar surface area (TPSA) is 74.0 Å². The second kappa shape index (κ2) is 8.00. The minimum absolute atomic E-state index is 0.0126. The Morgan fingerprint density at radius 1 is 1.03 bits per heavy atom. The third kappa shape index (κ3) is 3.74. The van der Waals surface area contributed by atoms with Crippen molar-refractivity contribution < 1.29 is 22.8 Å². The highest BCUT2D eigenvalue weighted by Crippen LogP contribution is 2.45. The molecular formula is C24H22F3N3O2. The zero-order valence-electron chi connectivity index (χ0n) is 17.2. The maximum atomic E-state index is 14.5. The lowest BCUT2D eigenvalue weighted by molar-refractivity contribution is -0.129. The Hall–Kier alpha value is -3.29. The van der Waals surface area contributed by atoms with Crippen LogP contribution in [0.1, 0.15) is 37.2 Å². The van der Waals surface area contributed by atoms with E-state index in [1.54, 1.807) is 12.1 Å². The van der Waals surface area contributed by atoms with Crippen LogP contribution >= 0.6 is 0 Å². The van der Waals surface area contributed by atoms with Crippen molar-refractivity contribution in [3.8, 4) is 11.3 Å². The number of rotatable bonds is 4. The van der Waals surface area contributed by atoms with E-state index in [0.29, 0.717) is 48.9 Å². The molecule has 1 aromatic heterocycles. The molecule has 0 radical (unpaired) electrons. The van der Waals surface area contributed by atoms with Gasteiger partial charge in [-0.25, -0.2) is 13.2 Å². The van der Waals surface area contributed by atoms with E-state index in [-0.39, 0.29) is 41.0 Å². The van der Waals surface area contributed by atoms with Crippen molar-refractivity contribution in [3.05, 3.63) is 59.4 Å². The number of hydrogen-bond donors (Lipinski definition) is 3. The van der Waals surface area contributed by atoms with E-state index >= 15 is 0 Å². The Morgan fingerprint density at radius 3 is 2.47 bits per heavy atom. The Kier molecular flexibility index (Phi) is 5.15. The fourth-order valence-electron chi connectivity index (χ4n) is 4.76. The van der Waals surface area contributed by atoms with E-state index < -0.39 is 11.6 Å². The molecule has 3 aromatic rings. The van der Waals surface area contributed by atoms with E-state index in [2.05, 4.69) is 15.6 Å². The molecule has 1 unspecified atom stereocenters. The quantitative estimate of drug-likeness (QED) is 0.569. The van der Waals surface area contributed by atoms with Gasteiger partial charge in [0.2, 0.25) is 11.8 Å². The number of H-pyrrole nitrogens is 1. The average Bonchev–Trinajstić information content (AvgIpc) is 3.10. The highest BCUT2D eigenvalue weighted by molar-refractivity contribution is 5.92. The molecule has 1 saturated carbocycles. The van der Waals surface area contributed by atoms with Crippen LogP contribution in [0.25, 0.3) is 22.2 Å². The lowest BCUT2D eigenvalue weighted by Gasteiger charge is -2.37. The molecule has 3 N–H and O–H groups in total. The summed E-state index contributed by atoms with van der Waals surface area (Å²) < 4.78 is 41.9. The maximum absolute atomic E-state index is 14.5. The number of halogens is 3. The molecule has 5 nitrogen and oxygen atoms in total. The molecule has 0 spiro atoms. The molecule has 2 fully saturated rings. The summed E-state index contributed by atoms with van der Waals surface area (Å²) in [5, 5.41) is 6.21. The molecule has 2 aliphatic rings. The van der Waals surface area contributed by atoms with Crippen molar-refractivity contribution in [2.45, 2.75) is 37.6 Å². The van der Waals surface area contributed by atoms with Gasteiger partial charge in [0.1, 0.15) is 17.5 Å². The van der Waals surface area contributed by atoms with Gasteiger partial charge in [-0.05, 0) is 66.6 Å². The molecule has 1 aliphatic heterocycles. The Balaban J connectivity index is 1.39. The zero-order chi connectivity index (χ0) is 22.4. The van der Waals surface area contributed by atoms with Gasteiger partial charge in [0.15, 0.2) is 0 Å². The van der Waals surface area contributed by atoms with Gasteiger partial charge in [0, 0.05) is 30.5 Å². The summed E-state index contributed by atoms with van der Waals surface area (Å²) in [7, 11) is 0. The first kappa shape index (κ1) is 20.6. The monoisotopic (exact) mass is 441 g/mol. The lowest BCUT2D eigenvalue weighted by atomic mass is 9.74. The number of aromatic nitrogens is 1. The van der Waals surface area contributed by atoms with Gasteiger partial charge < -0.3 is 15.6 Å².